The lowest BCUT2D eigenvalue weighted by Crippen LogP contribution is -2.30. The van der Waals surface area contributed by atoms with Gasteiger partial charge in [0, 0.05) is 4.88 Å². The second kappa shape index (κ2) is 9.38. The van der Waals surface area contributed by atoms with Crippen LogP contribution in [0.4, 0.5) is 0 Å². The average molecular weight is 459 g/mol. The van der Waals surface area contributed by atoms with Gasteiger partial charge >= 0.3 is 0 Å². The summed E-state index contributed by atoms with van der Waals surface area (Å²) in [5, 5.41) is 4.69. The van der Waals surface area contributed by atoms with Crippen LogP contribution < -0.4 is 15.7 Å². The third-order valence-electron chi connectivity index (χ3n) is 5.50. The molecule has 2 aromatic carbocycles. The number of rotatable bonds is 6. The van der Waals surface area contributed by atoms with Crippen molar-refractivity contribution >= 4 is 33.7 Å². The Morgan fingerprint density at radius 1 is 1.12 bits per heavy atom. The van der Waals surface area contributed by atoms with Crippen molar-refractivity contribution in [2.45, 2.75) is 32.2 Å². The van der Waals surface area contributed by atoms with Gasteiger partial charge in [0.15, 0.2) is 0 Å². The number of nitrogens with one attached hydrogen (secondary N) is 1. The Bertz CT molecular complexity index is 1390. The second-order valence-corrected chi connectivity index (χ2v) is 8.93. The lowest BCUT2D eigenvalue weighted by atomic mass is 9.97. The van der Waals surface area contributed by atoms with E-state index in [4.69, 9.17) is 4.74 Å². The highest BCUT2D eigenvalue weighted by atomic mass is 32.1. The molecule has 0 radical (unpaired) electrons. The summed E-state index contributed by atoms with van der Waals surface area (Å²) in [6.45, 7) is -0.138. The molecule has 4 aromatic rings. The van der Waals surface area contributed by atoms with Gasteiger partial charge in [-0.1, -0.05) is 30.3 Å². The predicted molar refractivity (Wildman–Crippen MR) is 129 cm³/mol. The lowest BCUT2D eigenvalue weighted by Gasteiger charge is -2.10. The Labute approximate surface area is 194 Å². The summed E-state index contributed by atoms with van der Waals surface area (Å²) in [4.78, 5) is 31.8. The molecule has 0 saturated heterocycles. The van der Waals surface area contributed by atoms with Crippen LogP contribution in [0.25, 0.3) is 10.2 Å². The molecule has 1 aliphatic carbocycles. The molecule has 0 unspecified atom stereocenters. The van der Waals surface area contributed by atoms with Gasteiger partial charge in [0.1, 0.15) is 22.9 Å². The highest BCUT2D eigenvalue weighted by Crippen LogP contribution is 2.33. The van der Waals surface area contributed by atoms with Gasteiger partial charge in [-0.05, 0) is 61.1 Å². The fourth-order valence-corrected chi connectivity index (χ4v) is 5.17. The normalized spacial score (nSPS) is 13.2. The van der Waals surface area contributed by atoms with Crippen molar-refractivity contribution in [3.05, 3.63) is 87.3 Å². The molecule has 1 N–H and O–H groups in total. The van der Waals surface area contributed by atoms with Gasteiger partial charge in [0.25, 0.3) is 11.5 Å². The number of hydrogen-bond acceptors (Lipinski definition) is 6. The highest BCUT2D eigenvalue weighted by molar-refractivity contribution is 7.18. The van der Waals surface area contributed by atoms with Gasteiger partial charge in [-0.25, -0.2) is 10.4 Å². The molecular formula is C25H22N4O3S. The molecule has 33 heavy (non-hydrogen) atoms. The van der Waals surface area contributed by atoms with Crippen LogP contribution in [-0.2, 0) is 24.2 Å². The molecule has 0 bridgehead atoms. The first-order valence-corrected chi connectivity index (χ1v) is 11.6. The Hall–Kier alpha value is -3.78. The number of aromatic nitrogens is 2. The van der Waals surface area contributed by atoms with E-state index in [9.17, 15) is 9.59 Å². The molecule has 7 nitrogen and oxygen atoms in total. The van der Waals surface area contributed by atoms with Crippen molar-refractivity contribution in [1.82, 2.24) is 15.0 Å². The van der Waals surface area contributed by atoms with Crippen LogP contribution in [0.15, 0.2) is 70.8 Å². The molecule has 0 spiro atoms. The number of para-hydroxylation sites is 1. The summed E-state index contributed by atoms with van der Waals surface area (Å²) in [6, 6.07) is 16.9. The van der Waals surface area contributed by atoms with Crippen LogP contribution in [0.2, 0.25) is 0 Å². The first-order valence-electron chi connectivity index (χ1n) is 10.8. The fourth-order valence-electron chi connectivity index (χ4n) is 3.95. The van der Waals surface area contributed by atoms with E-state index in [1.54, 1.807) is 11.3 Å². The Morgan fingerprint density at radius 2 is 1.94 bits per heavy atom. The molecular weight excluding hydrogens is 436 g/mol. The average Bonchev–Trinajstić information content (AvgIpc) is 3.21. The second-order valence-electron chi connectivity index (χ2n) is 7.85. The SMILES string of the molecule is O=C(Cn1cnc2sc3c(c2c1=O)CCCC3)N/N=C/c1cccc(Oc2ccccc2)c1. The van der Waals surface area contributed by atoms with E-state index in [0.29, 0.717) is 11.1 Å². The van der Waals surface area contributed by atoms with Crippen LogP contribution in [0.3, 0.4) is 0 Å². The molecule has 8 heteroatoms. The van der Waals surface area contributed by atoms with E-state index in [2.05, 4.69) is 15.5 Å². The molecule has 2 aromatic heterocycles. The molecule has 1 aliphatic rings. The molecule has 1 amide bonds. The minimum Gasteiger partial charge on any atom is -0.457 e. The van der Waals surface area contributed by atoms with Crippen molar-refractivity contribution < 1.29 is 9.53 Å². The summed E-state index contributed by atoms with van der Waals surface area (Å²) in [6.07, 6.45) is 7.12. The molecule has 0 saturated carbocycles. The largest absolute Gasteiger partial charge is 0.457 e. The number of ether oxygens (including phenoxy) is 1. The van der Waals surface area contributed by atoms with Crippen LogP contribution in [0.1, 0.15) is 28.8 Å². The van der Waals surface area contributed by atoms with Gasteiger partial charge in [-0.2, -0.15) is 5.10 Å². The molecule has 0 aliphatic heterocycles. The summed E-state index contributed by atoms with van der Waals surface area (Å²) in [5.74, 6) is 1.01. The summed E-state index contributed by atoms with van der Waals surface area (Å²) in [7, 11) is 0. The number of carbonyl (C=O) groups excluding carboxylic acids is 1. The van der Waals surface area contributed by atoms with Gasteiger partial charge in [-0.15, -0.1) is 11.3 Å². The molecule has 2 heterocycles. The number of aryl methyl sites for hydroxylation is 2. The number of hydrogen-bond donors (Lipinski definition) is 1. The van der Waals surface area contributed by atoms with Crippen molar-refractivity contribution in [1.29, 1.82) is 0 Å². The summed E-state index contributed by atoms with van der Waals surface area (Å²) in [5.41, 5.74) is 4.21. The zero-order valence-corrected chi connectivity index (χ0v) is 18.7. The van der Waals surface area contributed by atoms with E-state index in [-0.39, 0.29) is 12.1 Å². The van der Waals surface area contributed by atoms with Gasteiger partial charge in [0.2, 0.25) is 0 Å². The van der Waals surface area contributed by atoms with Crippen molar-refractivity contribution in [3.8, 4) is 11.5 Å². The minimum atomic E-state index is -0.393. The summed E-state index contributed by atoms with van der Waals surface area (Å²) >= 11 is 1.60. The van der Waals surface area contributed by atoms with Gasteiger partial charge in [-0.3, -0.25) is 14.2 Å². The Balaban J connectivity index is 1.25. The number of hydrazone groups is 1. The van der Waals surface area contributed by atoms with Gasteiger partial charge < -0.3 is 4.74 Å². The van der Waals surface area contributed by atoms with E-state index in [0.717, 1.165) is 47.4 Å². The molecule has 0 atom stereocenters. The van der Waals surface area contributed by atoms with Crippen LogP contribution >= 0.6 is 11.3 Å². The number of benzene rings is 2. The number of thiophene rings is 1. The zero-order valence-electron chi connectivity index (χ0n) is 17.9. The Kier molecular flexibility index (Phi) is 5.99. The molecule has 166 valence electrons. The third-order valence-corrected chi connectivity index (χ3v) is 6.70. The third kappa shape index (κ3) is 4.70. The first kappa shape index (κ1) is 21.1. The van der Waals surface area contributed by atoms with Crippen LogP contribution in [-0.4, -0.2) is 21.7 Å². The van der Waals surface area contributed by atoms with E-state index in [1.807, 2.05) is 54.6 Å². The number of carbonyl (C=O) groups is 1. The Morgan fingerprint density at radius 3 is 2.82 bits per heavy atom. The van der Waals surface area contributed by atoms with Gasteiger partial charge in [0.05, 0.1) is 17.9 Å². The van der Waals surface area contributed by atoms with Crippen LogP contribution in [0, 0.1) is 0 Å². The van der Waals surface area contributed by atoms with Crippen molar-refractivity contribution in [3.63, 3.8) is 0 Å². The van der Waals surface area contributed by atoms with E-state index in [1.165, 1.54) is 22.0 Å². The molecule has 5 rings (SSSR count). The first-order chi connectivity index (χ1) is 16.2. The van der Waals surface area contributed by atoms with Crippen molar-refractivity contribution in [2.24, 2.45) is 5.10 Å². The smallest absolute Gasteiger partial charge is 0.262 e. The standard InChI is InChI=1S/C25H22N4O3S/c30-22(15-29-16-26-24-23(25(29)31)20-11-4-5-12-21(20)33-24)28-27-14-17-7-6-10-19(13-17)32-18-8-2-1-3-9-18/h1-3,6-10,13-14,16H,4-5,11-12,15H2,(H,28,30)/b27-14+. The predicted octanol–water partition coefficient (Wildman–Crippen LogP) is 4.28. The van der Waals surface area contributed by atoms with Crippen molar-refractivity contribution in [2.75, 3.05) is 0 Å². The summed E-state index contributed by atoms with van der Waals surface area (Å²) < 4.78 is 7.16. The lowest BCUT2D eigenvalue weighted by molar-refractivity contribution is -0.121. The monoisotopic (exact) mass is 458 g/mol. The number of fused-ring (bicyclic) bond motifs is 3. The minimum absolute atomic E-state index is 0.138. The van der Waals surface area contributed by atoms with Crippen LogP contribution in [0.5, 0.6) is 11.5 Å². The maximum absolute atomic E-state index is 13.0. The highest BCUT2D eigenvalue weighted by Gasteiger charge is 2.20. The topological polar surface area (TPSA) is 85.6 Å². The molecule has 0 fully saturated rings. The maximum Gasteiger partial charge on any atom is 0.262 e. The zero-order chi connectivity index (χ0) is 22.6. The fraction of sp³-hybridized carbons (Fsp3) is 0.200. The quantitative estimate of drug-likeness (QED) is 0.345. The number of nitrogens with zero attached hydrogens (tertiary/aromatic N) is 3. The maximum atomic E-state index is 13.0. The van der Waals surface area contributed by atoms with E-state index >= 15 is 0 Å². The number of amides is 1. The van der Waals surface area contributed by atoms with E-state index < -0.39 is 5.91 Å².